The number of urea groups is 1. The maximum atomic E-state index is 12.0. The molecule has 0 saturated heterocycles. The van der Waals surface area contributed by atoms with Crippen molar-refractivity contribution in [2.45, 2.75) is 40.3 Å². The summed E-state index contributed by atoms with van der Waals surface area (Å²) in [6.07, 6.45) is 0. The molecule has 0 unspecified atom stereocenters. The molecule has 3 nitrogen and oxygen atoms in total. The second kappa shape index (κ2) is 6.76. The van der Waals surface area contributed by atoms with Gasteiger partial charge in [0.2, 0.25) is 0 Å². The fraction of sp³-hybridized carbons (Fsp3) is 0.353. The molecule has 0 spiro atoms. The Morgan fingerprint density at radius 1 is 1.24 bits per heavy atom. The first-order chi connectivity index (χ1) is 9.95. The van der Waals surface area contributed by atoms with Crippen molar-refractivity contribution in [2.75, 3.05) is 0 Å². The summed E-state index contributed by atoms with van der Waals surface area (Å²) in [6, 6.07) is 10.2. The molecule has 2 aromatic rings. The molecule has 2 rings (SSSR count). The van der Waals surface area contributed by atoms with E-state index in [-0.39, 0.29) is 12.1 Å². The average Bonchev–Trinajstić information content (AvgIpc) is 2.75. The van der Waals surface area contributed by atoms with E-state index in [1.54, 1.807) is 11.3 Å². The van der Waals surface area contributed by atoms with Crippen molar-refractivity contribution in [3.63, 3.8) is 0 Å². The molecule has 0 radical (unpaired) electrons. The third-order valence-corrected chi connectivity index (χ3v) is 4.41. The quantitative estimate of drug-likeness (QED) is 0.871. The zero-order valence-electron chi connectivity index (χ0n) is 13.0. The van der Waals surface area contributed by atoms with Crippen LogP contribution in [-0.2, 0) is 6.54 Å². The molecule has 0 aliphatic carbocycles. The summed E-state index contributed by atoms with van der Waals surface area (Å²) < 4.78 is 0. The second-order valence-electron chi connectivity index (χ2n) is 5.41. The minimum atomic E-state index is -0.132. The molecule has 0 aliphatic rings. The van der Waals surface area contributed by atoms with Crippen molar-refractivity contribution in [3.8, 4) is 0 Å². The monoisotopic (exact) mass is 302 g/mol. The Morgan fingerprint density at radius 2 is 2.00 bits per heavy atom. The van der Waals surface area contributed by atoms with Crippen molar-refractivity contribution >= 4 is 17.4 Å². The van der Waals surface area contributed by atoms with E-state index in [1.165, 1.54) is 20.9 Å². The van der Waals surface area contributed by atoms with Crippen molar-refractivity contribution < 1.29 is 4.79 Å². The SMILES string of the molecule is Cc1cccc(CNC(=O)N[C@H](C)c2cc(C)sc2C)c1. The maximum absolute atomic E-state index is 12.0. The number of amides is 2. The number of carbonyl (C=O) groups excluding carboxylic acids is 1. The van der Waals surface area contributed by atoms with Gasteiger partial charge in [0, 0.05) is 16.3 Å². The first-order valence-electron chi connectivity index (χ1n) is 7.12. The largest absolute Gasteiger partial charge is 0.334 e. The van der Waals surface area contributed by atoms with Crippen LogP contribution in [0.2, 0.25) is 0 Å². The van der Waals surface area contributed by atoms with Crippen LogP contribution in [0.25, 0.3) is 0 Å². The number of carbonyl (C=O) groups is 1. The summed E-state index contributed by atoms with van der Waals surface area (Å²) in [4.78, 5) is 14.5. The fourth-order valence-corrected chi connectivity index (χ4v) is 3.43. The number of benzene rings is 1. The van der Waals surface area contributed by atoms with Gasteiger partial charge in [-0.1, -0.05) is 29.8 Å². The van der Waals surface area contributed by atoms with Gasteiger partial charge >= 0.3 is 6.03 Å². The summed E-state index contributed by atoms with van der Waals surface area (Å²) in [6.45, 7) is 8.79. The van der Waals surface area contributed by atoms with Crippen LogP contribution in [0.5, 0.6) is 0 Å². The van der Waals surface area contributed by atoms with Crippen molar-refractivity contribution in [2.24, 2.45) is 0 Å². The number of aryl methyl sites for hydroxylation is 3. The molecule has 21 heavy (non-hydrogen) atoms. The van der Waals surface area contributed by atoms with Gasteiger partial charge in [0.15, 0.2) is 0 Å². The lowest BCUT2D eigenvalue weighted by Crippen LogP contribution is -2.36. The predicted molar refractivity (Wildman–Crippen MR) is 88.8 cm³/mol. The molecule has 1 aromatic heterocycles. The summed E-state index contributed by atoms with van der Waals surface area (Å²) in [5, 5.41) is 5.90. The molecule has 1 aromatic carbocycles. The molecule has 4 heteroatoms. The molecule has 0 saturated carbocycles. The number of hydrogen-bond donors (Lipinski definition) is 2. The van der Waals surface area contributed by atoms with E-state index in [0.717, 1.165) is 5.56 Å². The summed E-state index contributed by atoms with van der Waals surface area (Å²) in [7, 11) is 0. The zero-order valence-corrected chi connectivity index (χ0v) is 13.8. The Bertz CT molecular complexity index is 633. The number of hydrogen-bond acceptors (Lipinski definition) is 2. The topological polar surface area (TPSA) is 41.1 Å². The van der Waals surface area contributed by atoms with E-state index in [4.69, 9.17) is 0 Å². The van der Waals surface area contributed by atoms with E-state index < -0.39 is 0 Å². The van der Waals surface area contributed by atoms with Gasteiger partial charge in [0.05, 0.1) is 6.04 Å². The Morgan fingerprint density at radius 3 is 2.62 bits per heavy atom. The van der Waals surface area contributed by atoms with Crippen LogP contribution in [0, 0.1) is 20.8 Å². The predicted octanol–water partition coefficient (Wildman–Crippen LogP) is 4.23. The van der Waals surface area contributed by atoms with Gasteiger partial charge in [-0.15, -0.1) is 11.3 Å². The van der Waals surface area contributed by atoms with Crippen LogP contribution in [0.4, 0.5) is 4.79 Å². The molecule has 0 aliphatic heterocycles. The van der Waals surface area contributed by atoms with Crippen LogP contribution >= 0.6 is 11.3 Å². The lowest BCUT2D eigenvalue weighted by Gasteiger charge is -2.15. The molecule has 0 bridgehead atoms. The van der Waals surface area contributed by atoms with Crippen molar-refractivity contribution in [3.05, 3.63) is 56.8 Å². The second-order valence-corrected chi connectivity index (χ2v) is 6.87. The van der Waals surface area contributed by atoms with Crippen LogP contribution < -0.4 is 10.6 Å². The van der Waals surface area contributed by atoms with Gasteiger partial charge in [-0.05, 0) is 44.9 Å². The Balaban J connectivity index is 1.88. The fourth-order valence-electron chi connectivity index (χ4n) is 2.41. The van der Waals surface area contributed by atoms with E-state index in [1.807, 2.05) is 32.0 Å². The standard InChI is InChI=1S/C17H22N2OS/c1-11-6-5-7-15(8-11)10-18-17(20)19-13(3)16-9-12(2)21-14(16)4/h5-9,13H,10H2,1-4H3,(H2,18,19,20)/t13-/m1/s1. The zero-order chi connectivity index (χ0) is 15.4. The van der Waals surface area contributed by atoms with Gasteiger partial charge in [-0.3, -0.25) is 0 Å². The highest BCUT2D eigenvalue weighted by Crippen LogP contribution is 2.25. The van der Waals surface area contributed by atoms with Crippen LogP contribution in [0.3, 0.4) is 0 Å². The molecular weight excluding hydrogens is 280 g/mol. The molecule has 1 heterocycles. The summed E-state index contributed by atoms with van der Waals surface area (Å²) >= 11 is 1.76. The van der Waals surface area contributed by atoms with Crippen molar-refractivity contribution in [1.82, 2.24) is 10.6 Å². The van der Waals surface area contributed by atoms with Gasteiger partial charge in [-0.25, -0.2) is 4.79 Å². The van der Waals surface area contributed by atoms with Gasteiger partial charge < -0.3 is 10.6 Å². The third kappa shape index (κ3) is 4.33. The van der Waals surface area contributed by atoms with Gasteiger partial charge in [0.1, 0.15) is 0 Å². The van der Waals surface area contributed by atoms with Crippen LogP contribution in [-0.4, -0.2) is 6.03 Å². The highest BCUT2D eigenvalue weighted by atomic mass is 32.1. The van der Waals surface area contributed by atoms with E-state index in [2.05, 4.69) is 36.6 Å². The molecule has 1 atom stereocenters. The van der Waals surface area contributed by atoms with Crippen LogP contribution in [0.15, 0.2) is 30.3 Å². The smallest absolute Gasteiger partial charge is 0.315 e. The maximum Gasteiger partial charge on any atom is 0.315 e. The Labute approximate surface area is 130 Å². The van der Waals surface area contributed by atoms with Crippen LogP contribution in [0.1, 0.15) is 39.4 Å². The Kier molecular flexibility index (Phi) is 5.02. The molecule has 2 N–H and O–H groups in total. The van der Waals surface area contributed by atoms with E-state index in [9.17, 15) is 4.79 Å². The third-order valence-electron chi connectivity index (χ3n) is 3.43. The minimum Gasteiger partial charge on any atom is -0.334 e. The van der Waals surface area contributed by atoms with E-state index >= 15 is 0 Å². The average molecular weight is 302 g/mol. The summed E-state index contributed by atoms with van der Waals surface area (Å²) in [5.41, 5.74) is 3.51. The normalized spacial score (nSPS) is 12.0. The Hall–Kier alpha value is -1.81. The van der Waals surface area contributed by atoms with Gasteiger partial charge in [-0.2, -0.15) is 0 Å². The number of rotatable bonds is 4. The number of nitrogens with one attached hydrogen (secondary N) is 2. The van der Waals surface area contributed by atoms with Crippen molar-refractivity contribution in [1.29, 1.82) is 0 Å². The summed E-state index contributed by atoms with van der Waals surface area (Å²) in [5.74, 6) is 0. The lowest BCUT2D eigenvalue weighted by atomic mass is 10.1. The van der Waals surface area contributed by atoms with Gasteiger partial charge in [0.25, 0.3) is 0 Å². The minimum absolute atomic E-state index is 0.0208. The first kappa shape index (κ1) is 15.6. The number of thiophene rings is 1. The highest BCUT2D eigenvalue weighted by Gasteiger charge is 2.13. The first-order valence-corrected chi connectivity index (χ1v) is 7.94. The molecule has 112 valence electrons. The molecular formula is C17H22N2OS. The van der Waals surface area contributed by atoms with E-state index in [0.29, 0.717) is 6.54 Å². The molecule has 2 amide bonds. The molecule has 0 fully saturated rings. The lowest BCUT2D eigenvalue weighted by molar-refractivity contribution is 0.237. The highest BCUT2D eigenvalue weighted by molar-refractivity contribution is 7.12.